The van der Waals surface area contributed by atoms with E-state index in [-0.39, 0.29) is 12.3 Å². The molecule has 0 saturated carbocycles. The smallest absolute Gasteiger partial charge is 0.338 e. The van der Waals surface area contributed by atoms with Crippen molar-refractivity contribution in [2.45, 2.75) is 19.9 Å². The van der Waals surface area contributed by atoms with Crippen LogP contribution in [-0.4, -0.2) is 24.4 Å². The highest BCUT2D eigenvalue weighted by Crippen LogP contribution is 2.11. The molecule has 0 aliphatic carbocycles. The highest BCUT2D eigenvalue weighted by atomic mass is 35.5. The molecule has 0 aromatic heterocycles. The van der Waals surface area contributed by atoms with Gasteiger partial charge in [0.15, 0.2) is 0 Å². The van der Waals surface area contributed by atoms with Crippen LogP contribution in [0.1, 0.15) is 29.3 Å². The fourth-order valence-electron chi connectivity index (χ4n) is 2.12. The summed E-state index contributed by atoms with van der Waals surface area (Å²) in [7, 11) is 0. The van der Waals surface area contributed by atoms with E-state index < -0.39 is 11.9 Å². The van der Waals surface area contributed by atoms with Crippen molar-refractivity contribution in [1.82, 2.24) is 5.32 Å². The van der Waals surface area contributed by atoms with Crippen molar-refractivity contribution in [3.63, 3.8) is 0 Å². The van der Waals surface area contributed by atoms with Crippen molar-refractivity contribution >= 4 is 35.1 Å². The van der Waals surface area contributed by atoms with Crippen molar-refractivity contribution in [2.75, 3.05) is 11.9 Å². The molecule has 2 N–H and O–H groups in total. The van der Waals surface area contributed by atoms with Gasteiger partial charge in [-0.15, -0.1) is 0 Å². The van der Waals surface area contributed by atoms with E-state index in [1.165, 1.54) is 0 Å². The zero-order valence-electron chi connectivity index (χ0n) is 14.3. The lowest BCUT2D eigenvalue weighted by atomic mass is 10.2. The Hall–Kier alpha value is -2.86. The Labute approximate surface area is 156 Å². The van der Waals surface area contributed by atoms with Crippen LogP contribution in [-0.2, 0) is 20.9 Å². The highest BCUT2D eigenvalue weighted by Gasteiger charge is 2.11. The average molecular weight is 375 g/mol. The molecule has 2 aromatic carbocycles. The summed E-state index contributed by atoms with van der Waals surface area (Å²) < 4.78 is 4.88. The van der Waals surface area contributed by atoms with Gasteiger partial charge in [-0.3, -0.25) is 9.59 Å². The maximum Gasteiger partial charge on any atom is 0.338 e. The molecule has 0 aliphatic heterocycles. The highest BCUT2D eigenvalue weighted by molar-refractivity contribution is 6.30. The summed E-state index contributed by atoms with van der Waals surface area (Å²) >= 11 is 5.80. The summed E-state index contributed by atoms with van der Waals surface area (Å²) in [6.45, 7) is 2.34. The monoisotopic (exact) mass is 374 g/mol. The van der Waals surface area contributed by atoms with Crippen molar-refractivity contribution < 1.29 is 19.1 Å². The molecule has 26 heavy (non-hydrogen) atoms. The molecule has 6 nitrogen and oxygen atoms in total. The molecule has 0 saturated heterocycles. The number of nitrogens with one attached hydrogen (secondary N) is 2. The number of anilines is 1. The maximum atomic E-state index is 11.9. The standard InChI is InChI=1S/C19H19ClN2O4/c1-2-26-19(25)14-5-9-16(10-6-14)22-18(24)11-17(23)21-12-13-3-7-15(20)8-4-13/h3-10H,2,11-12H2,1H3,(H,21,23)(H,22,24). The third-order valence-corrected chi connectivity index (χ3v) is 3.66. The first-order valence-electron chi connectivity index (χ1n) is 8.06. The summed E-state index contributed by atoms with van der Waals surface area (Å²) in [6.07, 6.45) is -0.298. The van der Waals surface area contributed by atoms with Gasteiger partial charge in [0.25, 0.3) is 0 Å². The molecule has 0 unspecified atom stereocenters. The first-order chi connectivity index (χ1) is 12.5. The Morgan fingerprint density at radius 2 is 1.62 bits per heavy atom. The zero-order valence-corrected chi connectivity index (χ0v) is 15.0. The lowest BCUT2D eigenvalue weighted by Crippen LogP contribution is -2.27. The predicted molar refractivity (Wildman–Crippen MR) is 98.9 cm³/mol. The van der Waals surface area contributed by atoms with Gasteiger partial charge in [0.05, 0.1) is 12.2 Å². The molecule has 0 bridgehead atoms. The first kappa shape index (κ1) is 19.5. The maximum absolute atomic E-state index is 11.9. The summed E-state index contributed by atoms with van der Waals surface area (Å²) in [5.74, 6) is -1.25. The number of rotatable bonds is 7. The van der Waals surface area contributed by atoms with Crippen LogP contribution in [0.3, 0.4) is 0 Å². The number of benzene rings is 2. The van der Waals surface area contributed by atoms with Crippen molar-refractivity contribution in [2.24, 2.45) is 0 Å². The number of hydrogen-bond donors (Lipinski definition) is 2. The lowest BCUT2D eigenvalue weighted by molar-refractivity contribution is -0.126. The van der Waals surface area contributed by atoms with E-state index in [1.807, 2.05) is 0 Å². The largest absolute Gasteiger partial charge is 0.462 e. The molecule has 136 valence electrons. The van der Waals surface area contributed by atoms with E-state index in [0.29, 0.717) is 29.4 Å². The van der Waals surface area contributed by atoms with Gasteiger partial charge >= 0.3 is 5.97 Å². The summed E-state index contributed by atoms with van der Waals surface area (Å²) in [6, 6.07) is 13.3. The van der Waals surface area contributed by atoms with Crippen LogP contribution in [0.15, 0.2) is 48.5 Å². The van der Waals surface area contributed by atoms with E-state index in [4.69, 9.17) is 16.3 Å². The number of amides is 2. The summed E-state index contributed by atoms with van der Waals surface area (Å²) in [4.78, 5) is 35.3. The molecular formula is C19H19ClN2O4. The van der Waals surface area contributed by atoms with Crippen LogP contribution in [0, 0.1) is 0 Å². The van der Waals surface area contributed by atoms with Gasteiger partial charge in [-0.2, -0.15) is 0 Å². The van der Waals surface area contributed by atoms with Crippen molar-refractivity contribution in [3.05, 3.63) is 64.7 Å². The molecule has 7 heteroatoms. The molecule has 0 aliphatic rings. The van der Waals surface area contributed by atoms with Crippen LogP contribution in [0.4, 0.5) is 5.69 Å². The Morgan fingerprint density at radius 1 is 0.962 bits per heavy atom. The number of ether oxygens (including phenoxy) is 1. The molecule has 0 spiro atoms. The summed E-state index contributed by atoms with van der Waals surface area (Å²) in [5, 5.41) is 5.90. The Bertz CT molecular complexity index is 773. The predicted octanol–water partition coefficient (Wildman–Crippen LogP) is 3.16. The SMILES string of the molecule is CCOC(=O)c1ccc(NC(=O)CC(=O)NCc2ccc(Cl)cc2)cc1. The first-order valence-corrected chi connectivity index (χ1v) is 8.44. The second-order valence-corrected chi connectivity index (χ2v) is 5.86. The van der Waals surface area contributed by atoms with Gasteiger partial charge in [0, 0.05) is 17.3 Å². The van der Waals surface area contributed by atoms with Gasteiger partial charge in [-0.05, 0) is 48.9 Å². The van der Waals surface area contributed by atoms with E-state index in [9.17, 15) is 14.4 Å². The second-order valence-electron chi connectivity index (χ2n) is 5.43. The second kappa shape index (κ2) is 9.58. The van der Waals surface area contributed by atoms with Crippen LogP contribution < -0.4 is 10.6 Å². The van der Waals surface area contributed by atoms with E-state index in [1.54, 1.807) is 55.5 Å². The quantitative estimate of drug-likeness (QED) is 0.576. The molecule has 0 atom stereocenters. The number of hydrogen-bond acceptors (Lipinski definition) is 4. The number of halogens is 1. The van der Waals surface area contributed by atoms with Crippen LogP contribution in [0.25, 0.3) is 0 Å². The van der Waals surface area contributed by atoms with Gasteiger partial charge < -0.3 is 15.4 Å². The van der Waals surface area contributed by atoms with Crippen LogP contribution in [0.5, 0.6) is 0 Å². The van der Waals surface area contributed by atoms with Crippen molar-refractivity contribution in [3.8, 4) is 0 Å². The van der Waals surface area contributed by atoms with Crippen molar-refractivity contribution in [1.29, 1.82) is 0 Å². The minimum Gasteiger partial charge on any atom is -0.462 e. The third kappa shape index (κ3) is 6.22. The number of carbonyl (C=O) groups is 3. The average Bonchev–Trinajstić information content (AvgIpc) is 2.62. The Morgan fingerprint density at radius 3 is 2.23 bits per heavy atom. The van der Waals surface area contributed by atoms with Gasteiger partial charge in [0.2, 0.25) is 11.8 Å². The minimum atomic E-state index is -0.442. The minimum absolute atomic E-state index is 0.294. The molecule has 2 amide bonds. The van der Waals surface area contributed by atoms with Crippen LogP contribution >= 0.6 is 11.6 Å². The van der Waals surface area contributed by atoms with Gasteiger partial charge in [-0.25, -0.2) is 4.79 Å². The third-order valence-electron chi connectivity index (χ3n) is 3.40. The normalized spacial score (nSPS) is 10.1. The molecule has 0 heterocycles. The Kier molecular flexibility index (Phi) is 7.17. The van der Waals surface area contributed by atoms with E-state index in [0.717, 1.165) is 5.56 Å². The number of esters is 1. The van der Waals surface area contributed by atoms with Gasteiger partial charge in [0.1, 0.15) is 6.42 Å². The molecule has 0 fully saturated rings. The number of carbonyl (C=O) groups excluding carboxylic acids is 3. The lowest BCUT2D eigenvalue weighted by Gasteiger charge is -2.08. The Balaban J connectivity index is 1.79. The molecule has 0 radical (unpaired) electrons. The van der Waals surface area contributed by atoms with E-state index >= 15 is 0 Å². The zero-order chi connectivity index (χ0) is 18.9. The van der Waals surface area contributed by atoms with Gasteiger partial charge in [-0.1, -0.05) is 23.7 Å². The fraction of sp³-hybridized carbons (Fsp3) is 0.211. The topological polar surface area (TPSA) is 84.5 Å². The molecular weight excluding hydrogens is 356 g/mol. The van der Waals surface area contributed by atoms with E-state index in [2.05, 4.69) is 10.6 Å². The fourth-order valence-corrected chi connectivity index (χ4v) is 2.25. The summed E-state index contributed by atoms with van der Waals surface area (Å²) in [5.41, 5.74) is 1.77. The molecule has 2 rings (SSSR count). The van der Waals surface area contributed by atoms with Crippen LogP contribution in [0.2, 0.25) is 5.02 Å². The molecule has 2 aromatic rings.